The minimum atomic E-state index is -0.853. The zero-order valence-corrected chi connectivity index (χ0v) is 22.1. The number of carbonyl (C=O) groups excluding carboxylic acids is 3. The molecule has 36 heavy (non-hydrogen) atoms. The number of rotatable bonds is 8. The third-order valence-electron chi connectivity index (χ3n) is 7.96. The Kier molecular flexibility index (Phi) is 9.50. The number of hydrogen-bond donors (Lipinski definition) is 3. The van der Waals surface area contributed by atoms with Crippen molar-refractivity contribution >= 4 is 23.4 Å². The van der Waals surface area contributed by atoms with Crippen LogP contribution >= 0.6 is 0 Å². The van der Waals surface area contributed by atoms with E-state index >= 15 is 4.39 Å². The van der Waals surface area contributed by atoms with Gasteiger partial charge in [-0.05, 0) is 62.1 Å². The van der Waals surface area contributed by atoms with E-state index in [1.807, 2.05) is 0 Å². The first-order valence-corrected chi connectivity index (χ1v) is 13.4. The van der Waals surface area contributed by atoms with Gasteiger partial charge in [0, 0.05) is 31.8 Å². The lowest BCUT2D eigenvalue weighted by molar-refractivity contribution is -0.140. The lowest BCUT2D eigenvalue weighted by atomic mass is 9.81. The molecule has 0 unspecified atom stereocenters. The Labute approximate surface area is 214 Å². The van der Waals surface area contributed by atoms with Crippen LogP contribution in [0.15, 0.2) is 18.2 Å². The fraction of sp³-hybridized carbons (Fsp3) is 0.679. The molecule has 200 valence electrons. The molecule has 1 aliphatic heterocycles. The van der Waals surface area contributed by atoms with Gasteiger partial charge in [-0.3, -0.25) is 14.4 Å². The van der Waals surface area contributed by atoms with Gasteiger partial charge in [0.15, 0.2) is 0 Å². The largest absolute Gasteiger partial charge is 0.390 e. The average Bonchev–Trinajstić information content (AvgIpc) is 2.84. The summed E-state index contributed by atoms with van der Waals surface area (Å²) in [5.74, 6) is -0.677. The first kappa shape index (κ1) is 28.1. The average molecular weight is 504 g/mol. The van der Waals surface area contributed by atoms with Gasteiger partial charge in [0.05, 0.1) is 11.3 Å². The summed E-state index contributed by atoms with van der Waals surface area (Å²) in [4.78, 5) is 39.8. The van der Waals surface area contributed by atoms with E-state index < -0.39 is 23.4 Å². The molecule has 1 aromatic rings. The number of nitrogens with zero attached hydrogens (tertiary/aromatic N) is 1. The van der Waals surface area contributed by atoms with Crippen LogP contribution in [-0.2, 0) is 14.4 Å². The molecule has 3 N–H and O–H groups in total. The fourth-order valence-electron chi connectivity index (χ4n) is 5.19. The molecule has 2 aliphatic rings. The smallest absolute Gasteiger partial charge is 0.245 e. The molecule has 3 amide bonds. The number of piperidine rings is 1. The van der Waals surface area contributed by atoms with Gasteiger partial charge in [-0.1, -0.05) is 39.7 Å². The Balaban J connectivity index is 1.68. The summed E-state index contributed by atoms with van der Waals surface area (Å²) in [6.45, 7) is 8.29. The van der Waals surface area contributed by atoms with Gasteiger partial charge in [-0.25, -0.2) is 4.39 Å². The molecule has 1 heterocycles. The molecular formula is C28H42FN3O4. The molecule has 1 aromatic carbocycles. The zero-order chi connectivity index (χ0) is 26.5. The van der Waals surface area contributed by atoms with Crippen molar-refractivity contribution in [2.45, 2.75) is 96.6 Å². The number of anilines is 1. The highest BCUT2D eigenvalue weighted by Gasteiger charge is 2.36. The molecule has 0 spiro atoms. The summed E-state index contributed by atoms with van der Waals surface area (Å²) in [5, 5.41) is 15.7. The first-order valence-electron chi connectivity index (χ1n) is 13.4. The third-order valence-corrected chi connectivity index (χ3v) is 7.96. The van der Waals surface area contributed by atoms with Crippen LogP contribution in [0, 0.1) is 17.7 Å². The van der Waals surface area contributed by atoms with E-state index in [2.05, 4.69) is 17.6 Å². The van der Waals surface area contributed by atoms with Crippen LogP contribution in [-0.4, -0.2) is 52.5 Å². The summed E-state index contributed by atoms with van der Waals surface area (Å²) in [7, 11) is 0. The number of hydrogen-bond acceptors (Lipinski definition) is 4. The van der Waals surface area contributed by atoms with E-state index in [1.54, 1.807) is 31.7 Å². The maximum absolute atomic E-state index is 15.0. The summed E-state index contributed by atoms with van der Waals surface area (Å²) in [5.41, 5.74) is -0.118. The van der Waals surface area contributed by atoms with Gasteiger partial charge in [0.1, 0.15) is 11.9 Å². The number of likely N-dealkylation sites (tertiary alicyclic amines) is 1. The highest BCUT2D eigenvalue weighted by Crippen LogP contribution is 2.31. The van der Waals surface area contributed by atoms with Crippen LogP contribution in [0.25, 0.3) is 0 Å². The maximum atomic E-state index is 15.0. The molecule has 7 nitrogen and oxygen atoms in total. The summed E-state index contributed by atoms with van der Waals surface area (Å²) < 4.78 is 15.0. The van der Waals surface area contributed by atoms with Crippen molar-refractivity contribution < 1.29 is 23.9 Å². The monoisotopic (exact) mass is 503 g/mol. The van der Waals surface area contributed by atoms with Crippen molar-refractivity contribution in [2.75, 3.05) is 18.4 Å². The normalized spacial score (nSPS) is 23.4. The standard InChI is InChI=1S/C28H42FN3O4/c1-5-24(33)31-26(27(35)32-14-12-28(4,36)13-15-32)19(3)21-10-11-23(22(29)17-21)30-25(34)16-20-8-6-18(2)7-9-20/h10-11,17-20,26,36H,5-9,12-16H2,1-4H3,(H,30,34)(H,31,33)/t18?,19-,20?,26+/m0/s1. The molecule has 2 atom stereocenters. The van der Waals surface area contributed by atoms with Gasteiger partial charge in [-0.2, -0.15) is 0 Å². The SMILES string of the molecule is CCC(=O)N[C@@H](C(=O)N1CCC(C)(O)CC1)[C@@H](C)c1ccc(NC(=O)CC2CCC(C)CC2)c(F)c1. The minimum Gasteiger partial charge on any atom is -0.390 e. The van der Waals surface area contributed by atoms with Crippen molar-refractivity contribution in [3.05, 3.63) is 29.6 Å². The second kappa shape index (κ2) is 12.2. The van der Waals surface area contributed by atoms with Gasteiger partial charge >= 0.3 is 0 Å². The van der Waals surface area contributed by atoms with Crippen molar-refractivity contribution in [3.63, 3.8) is 0 Å². The van der Waals surface area contributed by atoms with Crippen LogP contribution < -0.4 is 10.6 Å². The number of nitrogens with one attached hydrogen (secondary N) is 2. The Hall–Kier alpha value is -2.48. The number of aliphatic hydroxyl groups is 1. The van der Waals surface area contributed by atoms with Gasteiger partial charge < -0.3 is 20.6 Å². The molecular weight excluding hydrogens is 461 g/mol. The van der Waals surface area contributed by atoms with Crippen molar-refractivity contribution in [2.24, 2.45) is 11.8 Å². The van der Waals surface area contributed by atoms with Crippen LogP contribution in [0.1, 0.15) is 90.5 Å². The predicted octanol–water partition coefficient (Wildman–Crippen LogP) is 4.35. The lowest BCUT2D eigenvalue weighted by Gasteiger charge is -2.38. The number of amides is 3. The van der Waals surface area contributed by atoms with Gasteiger partial charge in [0.25, 0.3) is 0 Å². The maximum Gasteiger partial charge on any atom is 0.245 e. The quantitative estimate of drug-likeness (QED) is 0.491. The molecule has 8 heteroatoms. The third kappa shape index (κ3) is 7.51. The highest BCUT2D eigenvalue weighted by atomic mass is 19.1. The zero-order valence-electron chi connectivity index (χ0n) is 22.1. The Morgan fingerprint density at radius 3 is 2.36 bits per heavy atom. The van der Waals surface area contributed by atoms with Gasteiger partial charge in [0.2, 0.25) is 17.7 Å². The summed E-state index contributed by atoms with van der Waals surface area (Å²) in [6, 6.07) is 3.71. The molecule has 3 rings (SSSR count). The Morgan fingerprint density at radius 2 is 1.78 bits per heavy atom. The van der Waals surface area contributed by atoms with E-state index in [4.69, 9.17) is 0 Å². The van der Waals surface area contributed by atoms with E-state index in [1.165, 1.54) is 12.1 Å². The minimum absolute atomic E-state index is 0.124. The molecule has 2 fully saturated rings. The van der Waals surface area contributed by atoms with Crippen LogP contribution in [0.4, 0.5) is 10.1 Å². The van der Waals surface area contributed by atoms with Crippen LogP contribution in [0.3, 0.4) is 0 Å². The lowest BCUT2D eigenvalue weighted by Crippen LogP contribution is -2.54. The second-order valence-corrected chi connectivity index (χ2v) is 11.1. The number of halogens is 1. The summed E-state index contributed by atoms with van der Waals surface area (Å²) >= 11 is 0. The molecule has 1 saturated carbocycles. The predicted molar refractivity (Wildman–Crippen MR) is 138 cm³/mol. The van der Waals surface area contributed by atoms with Crippen LogP contribution in [0.2, 0.25) is 0 Å². The first-order chi connectivity index (χ1) is 17.0. The molecule has 0 aromatic heterocycles. The molecule has 1 aliphatic carbocycles. The topological polar surface area (TPSA) is 98.7 Å². The van der Waals surface area contributed by atoms with Gasteiger partial charge in [-0.15, -0.1) is 0 Å². The fourth-order valence-corrected chi connectivity index (χ4v) is 5.19. The van der Waals surface area contributed by atoms with E-state index in [-0.39, 0.29) is 29.8 Å². The Bertz CT molecular complexity index is 933. The Morgan fingerprint density at radius 1 is 1.14 bits per heavy atom. The van der Waals surface area contributed by atoms with E-state index in [0.29, 0.717) is 49.8 Å². The van der Waals surface area contributed by atoms with Crippen molar-refractivity contribution in [1.82, 2.24) is 10.2 Å². The summed E-state index contributed by atoms with van der Waals surface area (Å²) in [6.07, 6.45) is 5.86. The number of benzene rings is 1. The second-order valence-electron chi connectivity index (χ2n) is 11.1. The number of carbonyl (C=O) groups is 3. The van der Waals surface area contributed by atoms with E-state index in [0.717, 1.165) is 25.7 Å². The van der Waals surface area contributed by atoms with Crippen molar-refractivity contribution in [1.29, 1.82) is 0 Å². The molecule has 0 radical (unpaired) electrons. The molecule has 0 bridgehead atoms. The molecule has 1 saturated heterocycles. The highest BCUT2D eigenvalue weighted by molar-refractivity contribution is 5.91. The van der Waals surface area contributed by atoms with Crippen LogP contribution in [0.5, 0.6) is 0 Å². The van der Waals surface area contributed by atoms with E-state index in [9.17, 15) is 19.5 Å². The van der Waals surface area contributed by atoms with Crippen molar-refractivity contribution in [3.8, 4) is 0 Å².